The topological polar surface area (TPSA) is 103 Å². The summed E-state index contributed by atoms with van der Waals surface area (Å²) in [5, 5.41) is 9.86. The van der Waals surface area contributed by atoms with Crippen molar-refractivity contribution in [3.63, 3.8) is 0 Å². The van der Waals surface area contributed by atoms with Crippen LogP contribution in [0.25, 0.3) is 0 Å². The average molecular weight is 410 g/mol. The first-order chi connectivity index (χ1) is 14.6. The molecule has 2 N–H and O–H groups in total. The molecule has 2 amide bonds. The lowest BCUT2D eigenvalue weighted by atomic mass is 10.1. The van der Waals surface area contributed by atoms with E-state index in [4.69, 9.17) is 9.90 Å². The van der Waals surface area contributed by atoms with Gasteiger partial charge in [0.2, 0.25) is 11.8 Å². The molecule has 0 saturated carbocycles. The fourth-order valence-electron chi connectivity index (χ4n) is 3.85. The lowest BCUT2D eigenvalue weighted by Crippen LogP contribution is -2.44. The largest absolute Gasteiger partial charge is 0.483 e. The molecular weight excluding hydrogens is 384 g/mol. The molecule has 1 fully saturated rings. The normalized spacial score (nSPS) is 17.5. The van der Waals surface area contributed by atoms with Crippen LogP contribution in [0.4, 0.5) is 0 Å². The van der Waals surface area contributed by atoms with Crippen molar-refractivity contribution in [2.45, 2.75) is 38.5 Å². The molecule has 1 saturated heterocycles. The Morgan fingerprint density at radius 2 is 1.93 bits per heavy atom. The zero-order chi connectivity index (χ0) is 21.3. The number of hydrogen-bond acceptors (Lipinski definition) is 5. The van der Waals surface area contributed by atoms with Gasteiger partial charge in [0.25, 0.3) is 6.47 Å². The van der Waals surface area contributed by atoms with Crippen molar-refractivity contribution in [2.75, 3.05) is 13.1 Å². The molecule has 8 nitrogen and oxygen atoms in total. The summed E-state index contributed by atoms with van der Waals surface area (Å²) in [5.74, 6) is 0.163. The summed E-state index contributed by atoms with van der Waals surface area (Å²) in [6.07, 6.45) is 4.85. The first-order valence-electron chi connectivity index (χ1n) is 9.92. The SMILES string of the molecule is O=C1CC[C@@H](CN(Cc2cccnc2)C(=O)CN2Cc3ccccc3C2)N1.O=CO. The van der Waals surface area contributed by atoms with Crippen LogP contribution in [0, 0.1) is 0 Å². The molecule has 1 aromatic heterocycles. The van der Waals surface area contributed by atoms with Gasteiger partial charge in [-0.1, -0.05) is 30.3 Å². The number of hydrogen-bond donors (Lipinski definition) is 2. The van der Waals surface area contributed by atoms with E-state index in [0.717, 1.165) is 25.1 Å². The predicted molar refractivity (Wildman–Crippen MR) is 110 cm³/mol. The van der Waals surface area contributed by atoms with Gasteiger partial charge in [-0.05, 0) is 29.2 Å². The second-order valence-electron chi connectivity index (χ2n) is 7.46. The molecule has 4 rings (SSSR count). The van der Waals surface area contributed by atoms with Gasteiger partial charge >= 0.3 is 0 Å². The molecule has 2 aliphatic rings. The number of fused-ring (bicyclic) bond motifs is 1. The summed E-state index contributed by atoms with van der Waals surface area (Å²) in [5.41, 5.74) is 3.60. The molecule has 0 unspecified atom stereocenters. The molecule has 1 atom stereocenters. The Morgan fingerprint density at radius 1 is 1.23 bits per heavy atom. The summed E-state index contributed by atoms with van der Waals surface area (Å²) in [7, 11) is 0. The van der Waals surface area contributed by atoms with Crippen LogP contribution in [0.5, 0.6) is 0 Å². The highest BCUT2D eigenvalue weighted by atomic mass is 16.3. The molecule has 0 aliphatic carbocycles. The van der Waals surface area contributed by atoms with Crippen LogP contribution < -0.4 is 5.32 Å². The molecule has 3 heterocycles. The number of carbonyl (C=O) groups excluding carboxylic acids is 2. The van der Waals surface area contributed by atoms with Gasteiger partial charge in [-0.2, -0.15) is 0 Å². The minimum Gasteiger partial charge on any atom is -0.483 e. The lowest BCUT2D eigenvalue weighted by Gasteiger charge is -2.28. The van der Waals surface area contributed by atoms with E-state index in [9.17, 15) is 9.59 Å². The van der Waals surface area contributed by atoms with Crippen molar-refractivity contribution in [3.05, 3.63) is 65.5 Å². The van der Waals surface area contributed by atoms with Gasteiger partial charge in [-0.15, -0.1) is 0 Å². The number of rotatable bonds is 6. The smallest absolute Gasteiger partial charge is 0.290 e. The van der Waals surface area contributed by atoms with Gasteiger partial charge in [0, 0.05) is 51.0 Å². The van der Waals surface area contributed by atoms with E-state index in [1.807, 2.05) is 29.2 Å². The zero-order valence-corrected chi connectivity index (χ0v) is 16.7. The molecule has 30 heavy (non-hydrogen) atoms. The molecule has 8 heteroatoms. The highest BCUT2D eigenvalue weighted by Crippen LogP contribution is 2.22. The summed E-state index contributed by atoms with van der Waals surface area (Å²) in [6, 6.07) is 12.2. The van der Waals surface area contributed by atoms with Crippen LogP contribution in [0.3, 0.4) is 0 Å². The number of amides is 2. The molecule has 2 aromatic rings. The Kier molecular flexibility index (Phi) is 7.51. The molecule has 158 valence electrons. The van der Waals surface area contributed by atoms with E-state index in [1.54, 1.807) is 12.4 Å². The van der Waals surface area contributed by atoms with Crippen molar-refractivity contribution in [3.8, 4) is 0 Å². The van der Waals surface area contributed by atoms with Gasteiger partial charge in [-0.3, -0.25) is 24.3 Å². The monoisotopic (exact) mass is 410 g/mol. The highest BCUT2D eigenvalue weighted by molar-refractivity contribution is 5.80. The van der Waals surface area contributed by atoms with Crippen LogP contribution in [-0.2, 0) is 34.0 Å². The summed E-state index contributed by atoms with van der Waals surface area (Å²) < 4.78 is 0. The van der Waals surface area contributed by atoms with Crippen molar-refractivity contribution in [1.29, 1.82) is 0 Å². The maximum absolute atomic E-state index is 13.1. The van der Waals surface area contributed by atoms with E-state index < -0.39 is 0 Å². The molecule has 2 aliphatic heterocycles. The minimum absolute atomic E-state index is 0.0360. The van der Waals surface area contributed by atoms with Crippen LogP contribution >= 0.6 is 0 Å². The Hall–Kier alpha value is -3.26. The summed E-state index contributed by atoms with van der Waals surface area (Å²) >= 11 is 0. The number of aromatic nitrogens is 1. The third kappa shape index (κ3) is 5.87. The first-order valence-corrected chi connectivity index (χ1v) is 9.92. The number of carboxylic acid groups (broad SMARTS) is 1. The van der Waals surface area contributed by atoms with Crippen molar-refractivity contribution in [2.24, 2.45) is 0 Å². The third-order valence-electron chi connectivity index (χ3n) is 5.24. The van der Waals surface area contributed by atoms with Crippen molar-refractivity contribution < 1.29 is 19.5 Å². The predicted octanol–water partition coefficient (Wildman–Crippen LogP) is 1.41. The van der Waals surface area contributed by atoms with Gasteiger partial charge < -0.3 is 15.3 Å². The quantitative estimate of drug-likeness (QED) is 0.698. The highest BCUT2D eigenvalue weighted by Gasteiger charge is 2.27. The summed E-state index contributed by atoms with van der Waals surface area (Å²) in [4.78, 5) is 41.2. The van der Waals surface area contributed by atoms with Crippen molar-refractivity contribution in [1.82, 2.24) is 20.1 Å². The van der Waals surface area contributed by atoms with Crippen LogP contribution in [-0.4, -0.2) is 57.3 Å². The number of pyridine rings is 1. The van der Waals surface area contributed by atoms with Gasteiger partial charge in [0.05, 0.1) is 6.54 Å². The van der Waals surface area contributed by atoms with Gasteiger partial charge in [0.1, 0.15) is 0 Å². The van der Waals surface area contributed by atoms with Crippen LogP contribution in [0.2, 0.25) is 0 Å². The minimum atomic E-state index is -0.250. The van der Waals surface area contributed by atoms with Crippen molar-refractivity contribution >= 4 is 18.3 Å². The second kappa shape index (κ2) is 10.5. The molecule has 0 spiro atoms. The Balaban J connectivity index is 0.000000806. The van der Waals surface area contributed by atoms with E-state index in [1.165, 1.54) is 11.1 Å². The maximum atomic E-state index is 13.1. The number of nitrogens with zero attached hydrogens (tertiary/aromatic N) is 3. The fourth-order valence-corrected chi connectivity index (χ4v) is 3.85. The Bertz CT molecular complexity index is 849. The van der Waals surface area contributed by atoms with Crippen LogP contribution in [0.15, 0.2) is 48.8 Å². The van der Waals surface area contributed by atoms with E-state index in [2.05, 4.69) is 27.3 Å². The second-order valence-corrected chi connectivity index (χ2v) is 7.46. The van der Waals surface area contributed by atoms with E-state index in [-0.39, 0.29) is 24.3 Å². The Morgan fingerprint density at radius 3 is 2.50 bits per heavy atom. The molecule has 1 aromatic carbocycles. The number of benzene rings is 1. The van der Waals surface area contributed by atoms with E-state index >= 15 is 0 Å². The van der Waals surface area contributed by atoms with Gasteiger partial charge in [-0.25, -0.2) is 0 Å². The van der Waals surface area contributed by atoms with E-state index in [0.29, 0.717) is 26.1 Å². The first kappa shape index (κ1) is 21.4. The number of nitrogens with one attached hydrogen (secondary N) is 1. The molecular formula is C22H26N4O4. The average Bonchev–Trinajstić information content (AvgIpc) is 3.34. The fraction of sp³-hybridized carbons (Fsp3) is 0.364. The van der Waals surface area contributed by atoms with Gasteiger partial charge in [0.15, 0.2) is 0 Å². The molecule has 0 bridgehead atoms. The zero-order valence-electron chi connectivity index (χ0n) is 16.7. The summed E-state index contributed by atoms with van der Waals surface area (Å²) in [6.45, 7) is 2.81. The molecule has 0 radical (unpaired) electrons. The number of carbonyl (C=O) groups is 3. The Labute approximate surface area is 175 Å². The standard InChI is InChI=1S/C21H24N4O2.CH2O2/c26-20-8-7-19(23-20)14-25(11-16-4-3-9-22-10-16)21(27)15-24-12-17-5-1-2-6-18(17)13-24;2-1-3/h1-6,9-10,19H,7-8,11-15H2,(H,23,26);1H,(H,2,3)/t19-;/m0./s1. The maximum Gasteiger partial charge on any atom is 0.290 e. The lowest BCUT2D eigenvalue weighted by molar-refractivity contribution is -0.134. The third-order valence-corrected chi connectivity index (χ3v) is 5.24. The van der Waals surface area contributed by atoms with Crippen LogP contribution in [0.1, 0.15) is 29.5 Å².